The Morgan fingerprint density at radius 2 is 2.06 bits per heavy atom. The van der Waals surface area contributed by atoms with Crippen LogP contribution in [0.3, 0.4) is 0 Å². The van der Waals surface area contributed by atoms with Crippen LogP contribution in [0.1, 0.15) is 25.8 Å². The highest BCUT2D eigenvalue weighted by atomic mass is 35.5. The summed E-state index contributed by atoms with van der Waals surface area (Å²) in [6, 6.07) is 5.01. The minimum absolute atomic E-state index is 0.337. The minimum atomic E-state index is -0.337. The van der Waals surface area contributed by atoms with E-state index >= 15 is 0 Å². The molecule has 0 atom stereocenters. The summed E-state index contributed by atoms with van der Waals surface area (Å²) in [5.41, 5.74) is 1.16. The molecule has 2 aromatic rings. The lowest BCUT2D eigenvalue weighted by atomic mass is 10.1. The van der Waals surface area contributed by atoms with E-state index in [1.165, 1.54) is 6.07 Å². The summed E-state index contributed by atoms with van der Waals surface area (Å²) in [6.07, 6.45) is 1.79. The Kier molecular flexibility index (Phi) is 3.92. The van der Waals surface area contributed by atoms with Crippen LogP contribution in [-0.4, -0.2) is 6.61 Å². The maximum atomic E-state index is 11.5. The third-order valence-corrected chi connectivity index (χ3v) is 3.00. The van der Waals surface area contributed by atoms with Gasteiger partial charge in [0.2, 0.25) is 0 Å². The van der Waals surface area contributed by atoms with Crippen LogP contribution in [0, 0.1) is 0 Å². The predicted octanol–water partition coefficient (Wildman–Crippen LogP) is 3.80. The van der Waals surface area contributed by atoms with Gasteiger partial charge in [0.05, 0.1) is 11.6 Å². The van der Waals surface area contributed by atoms with E-state index in [1.54, 1.807) is 12.1 Å². The van der Waals surface area contributed by atoms with Crippen LogP contribution in [0.2, 0.25) is 5.02 Å². The van der Waals surface area contributed by atoms with Crippen molar-refractivity contribution >= 4 is 22.6 Å². The fraction of sp³-hybridized carbons (Fsp3) is 0.357. The second-order valence-corrected chi connectivity index (χ2v) is 4.46. The van der Waals surface area contributed by atoms with Crippen molar-refractivity contribution in [3.05, 3.63) is 39.2 Å². The summed E-state index contributed by atoms with van der Waals surface area (Å²) in [4.78, 5) is 11.5. The van der Waals surface area contributed by atoms with Gasteiger partial charge in [-0.05, 0) is 25.0 Å². The molecule has 2 rings (SSSR count). The van der Waals surface area contributed by atoms with Gasteiger partial charge >= 0.3 is 5.63 Å². The second-order valence-electron chi connectivity index (χ2n) is 4.05. The van der Waals surface area contributed by atoms with Gasteiger partial charge in [-0.15, -0.1) is 0 Å². The van der Waals surface area contributed by atoms with Crippen molar-refractivity contribution in [1.29, 1.82) is 0 Å². The summed E-state index contributed by atoms with van der Waals surface area (Å²) in [6.45, 7) is 4.46. The molecule has 0 fully saturated rings. The molecule has 4 heteroatoms. The molecule has 18 heavy (non-hydrogen) atoms. The summed E-state index contributed by atoms with van der Waals surface area (Å²) in [7, 11) is 0. The quantitative estimate of drug-likeness (QED) is 0.790. The topological polar surface area (TPSA) is 39.4 Å². The molecule has 1 heterocycles. The molecule has 0 saturated carbocycles. The standard InChI is InChI=1S/C14H15ClO3/c1-3-5-9-6-14(16)18-12-8-13(17-4-2)11(15)7-10(9)12/h6-8H,3-5H2,1-2H3. The second kappa shape index (κ2) is 5.44. The molecular formula is C14H15ClO3. The van der Waals surface area contributed by atoms with E-state index in [-0.39, 0.29) is 5.63 Å². The number of benzene rings is 1. The lowest BCUT2D eigenvalue weighted by Gasteiger charge is -2.09. The smallest absolute Gasteiger partial charge is 0.336 e. The first-order valence-electron chi connectivity index (χ1n) is 6.04. The molecule has 3 nitrogen and oxygen atoms in total. The highest BCUT2D eigenvalue weighted by molar-refractivity contribution is 6.32. The number of halogens is 1. The van der Waals surface area contributed by atoms with Gasteiger partial charge in [-0.3, -0.25) is 0 Å². The molecule has 96 valence electrons. The molecule has 0 aliphatic rings. The number of hydrogen-bond donors (Lipinski definition) is 0. The maximum absolute atomic E-state index is 11.5. The first kappa shape index (κ1) is 13.0. The van der Waals surface area contributed by atoms with Gasteiger partial charge in [-0.1, -0.05) is 24.9 Å². The molecule has 0 N–H and O–H groups in total. The maximum Gasteiger partial charge on any atom is 0.336 e. The monoisotopic (exact) mass is 266 g/mol. The van der Waals surface area contributed by atoms with Crippen molar-refractivity contribution in [1.82, 2.24) is 0 Å². The van der Waals surface area contributed by atoms with E-state index in [0.717, 1.165) is 23.8 Å². The lowest BCUT2D eigenvalue weighted by Crippen LogP contribution is -2.01. The van der Waals surface area contributed by atoms with Crippen molar-refractivity contribution in [3.63, 3.8) is 0 Å². The molecule has 0 radical (unpaired) electrons. The van der Waals surface area contributed by atoms with E-state index in [1.807, 2.05) is 6.92 Å². The van der Waals surface area contributed by atoms with Gasteiger partial charge in [0.1, 0.15) is 11.3 Å². The zero-order valence-corrected chi connectivity index (χ0v) is 11.2. The Hall–Kier alpha value is -1.48. The van der Waals surface area contributed by atoms with Gasteiger partial charge < -0.3 is 9.15 Å². The molecule has 0 bridgehead atoms. The number of rotatable bonds is 4. The van der Waals surface area contributed by atoms with Gasteiger partial charge in [0, 0.05) is 17.5 Å². The molecule has 0 spiro atoms. The third kappa shape index (κ3) is 2.51. The molecule has 0 amide bonds. The molecular weight excluding hydrogens is 252 g/mol. The van der Waals surface area contributed by atoms with E-state index in [0.29, 0.717) is 23.0 Å². The Morgan fingerprint density at radius 1 is 1.28 bits per heavy atom. The number of aryl methyl sites for hydroxylation is 1. The summed E-state index contributed by atoms with van der Waals surface area (Å²) in [5, 5.41) is 1.42. The van der Waals surface area contributed by atoms with E-state index in [4.69, 9.17) is 20.8 Å². The molecule has 0 aliphatic heterocycles. The average molecular weight is 267 g/mol. The third-order valence-electron chi connectivity index (χ3n) is 2.70. The van der Waals surface area contributed by atoms with Crippen LogP contribution in [-0.2, 0) is 6.42 Å². The van der Waals surface area contributed by atoms with Crippen LogP contribution in [0.15, 0.2) is 27.4 Å². The zero-order valence-electron chi connectivity index (χ0n) is 10.5. The molecule has 0 unspecified atom stereocenters. The summed E-state index contributed by atoms with van der Waals surface area (Å²) < 4.78 is 10.6. The Morgan fingerprint density at radius 3 is 2.72 bits per heavy atom. The van der Waals surface area contributed by atoms with Gasteiger partial charge in [-0.2, -0.15) is 0 Å². The van der Waals surface area contributed by atoms with Crippen LogP contribution in [0.25, 0.3) is 11.0 Å². The highest BCUT2D eigenvalue weighted by Crippen LogP contribution is 2.31. The number of hydrogen-bond acceptors (Lipinski definition) is 3. The minimum Gasteiger partial charge on any atom is -0.492 e. The number of fused-ring (bicyclic) bond motifs is 1. The first-order valence-corrected chi connectivity index (χ1v) is 6.42. The largest absolute Gasteiger partial charge is 0.492 e. The van der Waals surface area contributed by atoms with Gasteiger partial charge in [0.15, 0.2) is 0 Å². The molecule has 1 aromatic carbocycles. The Labute approximate surface area is 110 Å². The normalized spacial score (nSPS) is 10.8. The summed E-state index contributed by atoms with van der Waals surface area (Å²) >= 11 is 6.15. The highest BCUT2D eigenvalue weighted by Gasteiger charge is 2.10. The predicted molar refractivity (Wildman–Crippen MR) is 72.7 cm³/mol. The van der Waals surface area contributed by atoms with Crippen molar-refractivity contribution < 1.29 is 9.15 Å². The SMILES string of the molecule is CCCc1cc(=O)oc2cc(OCC)c(Cl)cc12. The molecule has 1 aromatic heterocycles. The zero-order chi connectivity index (χ0) is 13.1. The van der Waals surface area contributed by atoms with Gasteiger partial charge in [0.25, 0.3) is 0 Å². The van der Waals surface area contributed by atoms with Crippen molar-refractivity contribution in [2.45, 2.75) is 26.7 Å². The van der Waals surface area contributed by atoms with E-state index in [9.17, 15) is 4.79 Å². The fourth-order valence-corrected chi connectivity index (χ4v) is 2.19. The van der Waals surface area contributed by atoms with Crippen molar-refractivity contribution in [2.75, 3.05) is 6.61 Å². The van der Waals surface area contributed by atoms with Crippen molar-refractivity contribution in [2.24, 2.45) is 0 Å². The molecule has 0 saturated heterocycles. The van der Waals surface area contributed by atoms with E-state index in [2.05, 4.69) is 6.92 Å². The lowest BCUT2D eigenvalue weighted by molar-refractivity contribution is 0.340. The Bertz CT molecular complexity index is 616. The molecule has 0 aliphatic carbocycles. The number of ether oxygens (including phenoxy) is 1. The van der Waals surface area contributed by atoms with Crippen LogP contribution >= 0.6 is 11.6 Å². The van der Waals surface area contributed by atoms with Crippen LogP contribution in [0.5, 0.6) is 5.75 Å². The Balaban J connectivity index is 2.67. The van der Waals surface area contributed by atoms with Gasteiger partial charge in [-0.25, -0.2) is 4.79 Å². The first-order chi connectivity index (χ1) is 8.65. The fourth-order valence-electron chi connectivity index (χ4n) is 1.97. The van der Waals surface area contributed by atoms with Crippen LogP contribution < -0.4 is 10.4 Å². The van der Waals surface area contributed by atoms with Crippen molar-refractivity contribution in [3.8, 4) is 5.75 Å². The summed E-state index contributed by atoms with van der Waals surface area (Å²) in [5.74, 6) is 0.545. The van der Waals surface area contributed by atoms with E-state index < -0.39 is 0 Å². The van der Waals surface area contributed by atoms with Crippen LogP contribution in [0.4, 0.5) is 0 Å². The average Bonchev–Trinajstić information content (AvgIpc) is 2.32.